The lowest BCUT2D eigenvalue weighted by Gasteiger charge is -2.42. The second-order valence-electron chi connectivity index (χ2n) is 10.2. The van der Waals surface area contributed by atoms with Crippen LogP contribution < -0.4 is 15.4 Å². The summed E-state index contributed by atoms with van der Waals surface area (Å²) >= 11 is 0. The molecule has 1 saturated carbocycles. The minimum absolute atomic E-state index is 0.00406. The van der Waals surface area contributed by atoms with Crippen molar-refractivity contribution in [2.45, 2.75) is 63.2 Å². The van der Waals surface area contributed by atoms with Crippen LogP contribution in [0.15, 0.2) is 18.2 Å². The van der Waals surface area contributed by atoms with Gasteiger partial charge in [-0.1, -0.05) is 0 Å². The Hall–Kier alpha value is -2.65. The number of rotatable bonds is 7. The van der Waals surface area contributed by atoms with E-state index in [0.29, 0.717) is 43.0 Å². The third-order valence-electron chi connectivity index (χ3n) is 7.59. The van der Waals surface area contributed by atoms with E-state index in [0.717, 1.165) is 38.9 Å². The first-order valence-corrected chi connectivity index (χ1v) is 13.0. The van der Waals surface area contributed by atoms with Crippen LogP contribution in [0.1, 0.15) is 55.3 Å². The molecule has 0 unspecified atom stereocenters. The summed E-state index contributed by atoms with van der Waals surface area (Å²) in [6.07, 6.45) is 5.62. The van der Waals surface area contributed by atoms with Crippen LogP contribution in [0, 0.1) is 5.92 Å². The number of ether oxygens (including phenoxy) is 2. The predicted molar refractivity (Wildman–Crippen MR) is 130 cm³/mol. The van der Waals surface area contributed by atoms with Gasteiger partial charge in [-0.2, -0.15) is 0 Å². The summed E-state index contributed by atoms with van der Waals surface area (Å²) < 4.78 is 12.3. The second kappa shape index (κ2) is 10.5. The van der Waals surface area contributed by atoms with Crippen molar-refractivity contribution in [1.82, 2.24) is 15.1 Å². The first-order chi connectivity index (χ1) is 17.0. The molecular formula is C26H36N4O5. The number of likely N-dealkylation sites (tertiary alicyclic amines) is 1. The lowest BCUT2D eigenvalue weighted by atomic mass is 9.94. The monoisotopic (exact) mass is 484 g/mol. The molecule has 190 valence electrons. The van der Waals surface area contributed by atoms with E-state index >= 15 is 0 Å². The highest BCUT2D eigenvalue weighted by Gasteiger charge is 2.39. The Bertz CT molecular complexity index is 959. The van der Waals surface area contributed by atoms with Crippen LogP contribution in [0.2, 0.25) is 0 Å². The van der Waals surface area contributed by atoms with Crippen LogP contribution >= 0.6 is 0 Å². The fourth-order valence-electron chi connectivity index (χ4n) is 5.33. The van der Waals surface area contributed by atoms with Crippen LogP contribution in [0.25, 0.3) is 0 Å². The van der Waals surface area contributed by atoms with Crippen LogP contribution in [0.4, 0.5) is 5.69 Å². The number of anilines is 1. The zero-order chi connectivity index (χ0) is 24.4. The summed E-state index contributed by atoms with van der Waals surface area (Å²) in [6.45, 7) is 4.11. The minimum atomic E-state index is -0.303. The van der Waals surface area contributed by atoms with Crippen molar-refractivity contribution < 1.29 is 23.9 Å². The van der Waals surface area contributed by atoms with E-state index in [4.69, 9.17) is 9.47 Å². The number of nitrogens with zero attached hydrogens (tertiary/aromatic N) is 2. The maximum atomic E-state index is 13.3. The average Bonchev–Trinajstić information content (AvgIpc) is 3.58. The number of hydrogen-bond acceptors (Lipinski definition) is 6. The van der Waals surface area contributed by atoms with Gasteiger partial charge in [0.15, 0.2) is 0 Å². The molecule has 3 aliphatic heterocycles. The summed E-state index contributed by atoms with van der Waals surface area (Å²) in [5, 5.41) is 5.93. The summed E-state index contributed by atoms with van der Waals surface area (Å²) in [5.41, 5.74) is 1.05. The standard InChI is InChI=1S/C26H36N4O5/c1-29-21-8-7-19(15-24(31)27-10-13-30-11-2-3-12-30)35-23(21)16-34-22-9-6-18(14-20(22)26(29)33)28-25(32)17-4-5-17/h6,9,14,17,19,21,23H,2-5,7-8,10-13,15-16H2,1H3,(H,27,31)(H,28,32)/t19-,21-,23+/m0/s1. The molecule has 0 bridgehead atoms. The molecule has 4 aliphatic rings. The van der Waals surface area contributed by atoms with Gasteiger partial charge in [-0.05, 0) is 69.8 Å². The van der Waals surface area contributed by atoms with Gasteiger partial charge in [-0.15, -0.1) is 0 Å². The van der Waals surface area contributed by atoms with Crippen molar-refractivity contribution >= 4 is 23.4 Å². The molecule has 2 N–H and O–H groups in total. The summed E-state index contributed by atoms with van der Waals surface area (Å²) in [4.78, 5) is 42.0. The fourth-order valence-corrected chi connectivity index (χ4v) is 5.33. The van der Waals surface area contributed by atoms with E-state index in [9.17, 15) is 14.4 Å². The molecule has 9 heteroatoms. The number of amides is 3. The third kappa shape index (κ3) is 5.78. The van der Waals surface area contributed by atoms with E-state index in [1.165, 1.54) is 12.8 Å². The summed E-state index contributed by atoms with van der Waals surface area (Å²) in [7, 11) is 1.79. The van der Waals surface area contributed by atoms with Gasteiger partial charge in [0, 0.05) is 31.7 Å². The Morgan fingerprint density at radius 2 is 1.91 bits per heavy atom. The molecule has 3 heterocycles. The van der Waals surface area contributed by atoms with Crippen LogP contribution in [-0.2, 0) is 14.3 Å². The summed E-state index contributed by atoms with van der Waals surface area (Å²) in [6, 6.07) is 5.07. The van der Waals surface area contributed by atoms with Gasteiger partial charge in [-0.3, -0.25) is 14.4 Å². The zero-order valence-corrected chi connectivity index (χ0v) is 20.5. The highest BCUT2D eigenvalue weighted by Crippen LogP contribution is 2.34. The number of likely N-dealkylation sites (N-methyl/N-ethyl adjacent to an activating group) is 1. The Morgan fingerprint density at radius 3 is 2.69 bits per heavy atom. The molecule has 0 aromatic heterocycles. The first kappa shape index (κ1) is 24.1. The SMILES string of the molecule is CN1C(=O)c2cc(NC(=O)C3CC3)ccc2OC[C@H]2O[C@H](CC(=O)NCCN3CCCC3)CC[C@@H]21. The average molecular weight is 485 g/mol. The van der Waals surface area contributed by atoms with Gasteiger partial charge in [-0.25, -0.2) is 0 Å². The lowest BCUT2D eigenvalue weighted by Crippen LogP contribution is -2.54. The first-order valence-electron chi connectivity index (χ1n) is 13.0. The van der Waals surface area contributed by atoms with E-state index < -0.39 is 0 Å². The molecule has 1 aromatic carbocycles. The van der Waals surface area contributed by atoms with Gasteiger partial charge in [0.25, 0.3) is 5.91 Å². The van der Waals surface area contributed by atoms with Crippen LogP contribution in [0.5, 0.6) is 5.75 Å². The maximum Gasteiger partial charge on any atom is 0.257 e. The number of carbonyl (C=O) groups excluding carboxylic acids is 3. The van der Waals surface area contributed by atoms with Gasteiger partial charge in [0.2, 0.25) is 11.8 Å². The smallest absolute Gasteiger partial charge is 0.257 e. The molecule has 35 heavy (non-hydrogen) atoms. The Balaban J connectivity index is 1.17. The molecule has 1 aromatic rings. The summed E-state index contributed by atoms with van der Waals surface area (Å²) in [5.74, 6) is 0.431. The minimum Gasteiger partial charge on any atom is -0.490 e. The molecule has 5 rings (SSSR count). The van der Waals surface area contributed by atoms with E-state index in [2.05, 4.69) is 15.5 Å². The third-order valence-corrected chi connectivity index (χ3v) is 7.59. The van der Waals surface area contributed by atoms with Crippen molar-refractivity contribution in [3.63, 3.8) is 0 Å². The highest BCUT2D eigenvalue weighted by atomic mass is 16.5. The van der Waals surface area contributed by atoms with Crippen molar-refractivity contribution in [2.75, 3.05) is 45.2 Å². The Kier molecular flexibility index (Phi) is 7.24. The Labute approximate surface area is 206 Å². The van der Waals surface area contributed by atoms with Gasteiger partial charge in [0.05, 0.1) is 24.1 Å². The number of benzene rings is 1. The van der Waals surface area contributed by atoms with E-state index in [-0.39, 0.29) is 41.9 Å². The van der Waals surface area contributed by atoms with Crippen LogP contribution in [-0.4, -0.2) is 85.6 Å². The van der Waals surface area contributed by atoms with Gasteiger partial charge >= 0.3 is 0 Å². The quantitative estimate of drug-likeness (QED) is 0.614. The van der Waals surface area contributed by atoms with E-state index in [1.54, 1.807) is 30.1 Å². The van der Waals surface area contributed by atoms with Crippen molar-refractivity contribution in [1.29, 1.82) is 0 Å². The molecule has 3 amide bonds. The van der Waals surface area contributed by atoms with Gasteiger partial charge < -0.3 is 29.9 Å². The van der Waals surface area contributed by atoms with Gasteiger partial charge in [0.1, 0.15) is 18.5 Å². The van der Waals surface area contributed by atoms with Crippen molar-refractivity contribution in [2.24, 2.45) is 5.92 Å². The molecule has 3 fully saturated rings. The Morgan fingerprint density at radius 1 is 1.11 bits per heavy atom. The molecule has 0 spiro atoms. The predicted octanol–water partition coefficient (Wildman–Crippen LogP) is 2.02. The van der Waals surface area contributed by atoms with Crippen molar-refractivity contribution in [3.05, 3.63) is 23.8 Å². The number of carbonyl (C=O) groups is 3. The molecule has 0 radical (unpaired) electrons. The topological polar surface area (TPSA) is 100 Å². The van der Waals surface area contributed by atoms with Crippen LogP contribution in [0.3, 0.4) is 0 Å². The normalized spacial score (nSPS) is 26.7. The van der Waals surface area contributed by atoms with Crippen molar-refractivity contribution in [3.8, 4) is 5.75 Å². The zero-order valence-electron chi connectivity index (χ0n) is 20.5. The molecule has 2 saturated heterocycles. The second-order valence-corrected chi connectivity index (χ2v) is 10.2. The lowest BCUT2D eigenvalue weighted by molar-refractivity contribution is -0.134. The number of nitrogens with one attached hydrogen (secondary N) is 2. The highest BCUT2D eigenvalue weighted by molar-refractivity contribution is 6.00. The maximum absolute atomic E-state index is 13.3. The fraction of sp³-hybridized carbons (Fsp3) is 0.654. The largest absolute Gasteiger partial charge is 0.490 e. The van der Waals surface area contributed by atoms with E-state index in [1.807, 2.05) is 0 Å². The molecule has 9 nitrogen and oxygen atoms in total. The number of hydrogen-bond donors (Lipinski definition) is 2. The molecule has 3 atom stereocenters. The molecule has 1 aliphatic carbocycles. The molecular weight excluding hydrogens is 448 g/mol. The number of fused-ring (bicyclic) bond motifs is 2.